The normalized spacial score (nSPS) is 15.5. The van der Waals surface area contributed by atoms with E-state index in [2.05, 4.69) is 12.2 Å². The number of carbonyl (C=O) groups excluding carboxylic acids is 1. The zero-order valence-corrected chi connectivity index (χ0v) is 16.8. The molecule has 1 heterocycles. The number of amides is 1. The van der Waals surface area contributed by atoms with Crippen molar-refractivity contribution >= 4 is 33.2 Å². The monoisotopic (exact) mass is 406 g/mol. The SMILES string of the molecule is CCc1ccc(NC(=O)c2cc(S(=O)(=O)N3CCCCC3)ccc2Cl)cc1. The molecule has 0 unspecified atom stereocenters. The largest absolute Gasteiger partial charge is 0.322 e. The molecule has 1 N–H and O–H groups in total. The predicted octanol–water partition coefficient (Wildman–Crippen LogP) is 4.33. The zero-order valence-electron chi connectivity index (χ0n) is 15.2. The molecule has 0 atom stereocenters. The Morgan fingerprint density at radius 3 is 2.37 bits per heavy atom. The minimum atomic E-state index is -3.62. The summed E-state index contributed by atoms with van der Waals surface area (Å²) in [5, 5.41) is 2.99. The number of sulfonamides is 1. The van der Waals surface area contributed by atoms with Gasteiger partial charge in [0.15, 0.2) is 0 Å². The predicted molar refractivity (Wildman–Crippen MR) is 108 cm³/mol. The Labute approximate surface area is 165 Å². The summed E-state index contributed by atoms with van der Waals surface area (Å²) in [6.07, 6.45) is 3.66. The molecule has 27 heavy (non-hydrogen) atoms. The fourth-order valence-electron chi connectivity index (χ4n) is 3.12. The second kappa shape index (κ2) is 8.42. The van der Waals surface area contributed by atoms with Crippen LogP contribution in [0.3, 0.4) is 0 Å². The van der Waals surface area contributed by atoms with Crippen molar-refractivity contribution in [3.8, 4) is 0 Å². The number of aryl methyl sites for hydroxylation is 1. The molecule has 1 saturated heterocycles. The lowest BCUT2D eigenvalue weighted by Gasteiger charge is -2.26. The quantitative estimate of drug-likeness (QED) is 0.803. The van der Waals surface area contributed by atoms with E-state index < -0.39 is 15.9 Å². The third kappa shape index (κ3) is 4.51. The maximum Gasteiger partial charge on any atom is 0.257 e. The maximum atomic E-state index is 12.9. The molecule has 1 aliphatic heterocycles. The van der Waals surface area contributed by atoms with Crippen LogP contribution in [0.5, 0.6) is 0 Å². The van der Waals surface area contributed by atoms with E-state index in [4.69, 9.17) is 11.6 Å². The van der Waals surface area contributed by atoms with Crippen molar-refractivity contribution in [1.29, 1.82) is 0 Å². The molecule has 0 aromatic heterocycles. The van der Waals surface area contributed by atoms with Crippen molar-refractivity contribution in [2.24, 2.45) is 0 Å². The minimum absolute atomic E-state index is 0.0975. The van der Waals surface area contributed by atoms with Gasteiger partial charge in [0.05, 0.1) is 15.5 Å². The Kier molecular flexibility index (Phi) is 6.19. The van der Waals surface area contributed by atoms with Gasteiger partial charge in [0, 0.05) is 18.8 Å². The van der Waals surface area contributed by atoms with Crippen molar-refractivity contribution in [2.45, 2.75) is 37.5 Å². The highest BCUT2D eigenvalue weighted by atomic mass is 35.5. The summed E-state index contributed by atoms with van der Waals surface area (Å²) in [5.74, 6) is -0.431. The molecular formula is C20H23ClN2O3S. The fourth-order valence-corrected chi connectivity index (χ4v) is 4.86. The summed E-state index contributed by atoms with van der Waals surface area (Å²) < 4.78 is 27.2. The Morgan fingerprint density at radius 2 is 1.74 bits per heavy atom. The average Bonchev–Trinajstić information content (AvgIpc) is 2.69. The van der Waals surface area contributed by atoms with Crippen molar-refractivity contribution < 1.29 is 13.2 Å². The molecule has 5 nitrogen and oxygen atoms in total. The van der Waals surface area contributed by atoms with E-state index in [1.54, 1.807) is 0 Å². The van der Waals surface area contributed by atoms with Gasteiger partial charge in [-0.3, -0.25) is 4.79 Å². The number of piperidine rings is 1. The zero-order chi connectivity index (χ0) is 19.4. The highest BCUT2D eigenvalue weighted by Gasteiger charge is 2.27. The summed E-state index contributed by atoms with van der Waals surface area (Å²) in [6, 6.07) is 11.8. The van der Waals surface area contributed by atoms with Crippen molar-refractivity contribution in [3.05, 3.63) is 58.6 Å². The van der Waals surface area contributed by atoms with Gasteiger partial charge in [0.1, 0.15) is 0 Å². The maximum absolute atomic E-state index is 12.9. The van der Waals surface area contributed by atoms with Crippen molar-refractivity contribution in [1.82, 2.24) is 4.31 Å². The molecule has 3 rings (SSSR count). The van der Waals surface area contributed by atoms with E-state index in [0.29, 0.717) is 18.8 Å². The smallest absolute Gasteiger partial charge is 0.257 e. The van der Waals surface area contributed by atoms with Gasteiger partial charge in [-0.2, -0.15) is 4.31 Å². The molecule has 7 heteroatoms. The number of nitrogens with one attached hydrogen (secondary N) is 1. The lowest BCUT2D eigenvalue weighted by atomic mass is 10.1. The molecule has 0 bridgehead atoms. The third-order valence-corrected chi connectivity index (χ3v) is 6.98. The molecule has 0 aliphatic carbocycles. The number of hydrogen-bond acceptors (Lipinski definition) is 3. The number of anilines is 1. The van der Waals surface area contributed by atoms with E-state index in [0.717, 1.165) is 25.7 Å². The highest BCUT2D eigenvalue weighted by Crippen LogP contribution is 2.26. The van der Waals surface area contributed by atoms with E-state index in [9.17, 15) is 13.2 Å². The topological polar surface area (TPSA) is 66.5 Å². The van der Waals surface area contributed by atoms with Gasteiger partial charge >= 0.3 is 0 Å². The van der Waals surface area contributed by atoms with Gasteiger partial charge in [-0.25, -0.2) is 8.42 Å². The van der Waals surface area contributed by atoms with Crippen molar-refractivity contribution in [2.75, 3.05) is 18.4 Å². The second-order valence-corrected chi connectivity index (χ2v) is 8.96. The molecule has 0 saturated carbocycles. The number of nitrogens with zero attached hydrogens (tertiary/aromatic N) is 1. The number of carbonyl (C=O) groups is 1. The molecule has 1 amide bonds. The van der Waals surface area contributed by atoms with Crippen LogP contribution in [-0.2, 0) is 16.4 Å². The Balaban J connectivity index is 1.84. The second-order valence-electron chi connectivity index (χ2n) is 6.61. The Morgan fingerprint density at radius 1 is 1.07 bits per heavy atom. The lowest BCUT2D eigenvalue weighted by molar-refractivity contribution is 0.102. The molecule has 2 aromatic carbocycles. The van der Waals surface area contributed by atoms with Gasteiger partial charge in [-0.15, -0.1) is 0 Å². The van der Waals surface area contributed by atoms with Gasteiger partial charge in [-0.1, -0.05) is 37.1 Å². The van der Waals surface area contributed by atoms with Crippen molar-refractivity contribution in [3.63, 3.8) is 0 Å². The summed E-state index contributed by atoms with van der Waals surface area (Å²) >= 11 is 6.17. The molecule has 0 spiro atoms. The van der Waals surface area contributed by atoms with E-state index in [1.807, 2.05) is 24.3 Å². The van der Waals surface area contributed by atoms with Crippen LogP contribution in [0.4, 0.5) is 5.69 Å². The summed E-state index contributed by atoms with van der Waals surface area (Å²) in [6.45, 7) is 3.08. The summed E-state index contributed by atoms with van der Waals surface area (Å²) in [5.41, 5.74) is 1.95. The third-order valence-electron chi connectivity index (χ3n) is 4.76. The van der Waals surface area contributed by atoms with Crippen LogP contribution in [0.1, 0.15) is 42.1 Å². The molecule has 1 aliphatic rings. The first-order chi connectivity index (χ1) is 12.9. The summed E-state index contributed by atoms with van der Waals surface area (Å²) in [4.78, 5) is 12.7. The highest BCUT2D eigenvalue weighted by molar-refractivity contribution is 7.89. The lowest BCUT2D eigenvalue weighted by Crippen LogP contribution is -2.35. The molecule has 0 radical (unpaired) electrons. The first kappa shape index (κ1) is 19.9. The van der Waals surface area contributed by atoms with E-state index in [-0.39, 0.29) is 15.5 Å². The number of halogens is 1. The van der Waals surface area contributed by atoms with Gasteiger partial charge in [-0.05, 0) is 55.2 Å². The van der Waals surface area contributed by atoms with Crippen LogP contribution in [0.15, 0.2) is 47.4 Å². The van der Waals surface area contributed by atoms with E-state index >= 15 is 0 Å². The standard InChI is InChI=1S/C20H23ClN2O3S/c1-2-15-6-8-16(9-7-15)22-20(24)18-14-17(10-11-19(18)21)27(25,26)23-12-4-3-5-13-23/h6-11,14H,2-5,12-13H2,1H3,(H,22,24). The Bertz CT molecular complexity index is 921. The van der Waals surface area contributed by atoms with Gasteiger partial charge in [0.2, 0.25) is 10.0 Å². The molecule has 2 aromatic rings. The first-order valence-electron chi connectivity index (χ1n) is 9.12. The van der Waals surface area contributed by atoms with E-state index in [1.165, 1.54) is 28.1 Å². The first-order valence-corrected chi connectivity index (χ1v) is 10.9. The molecule has 144 valence electrons. The molecule has 1 fully saturated rings. The van der Waals surface area contributed by atoms with Gasteiger partial charge in [0.25, 0.3) is 5.91 Å². The summed E-state index contributed by atoms with van der Waals surface area (Å²) in [7, 11) is -3.62. The van der Waals surface area contributed by atoms with Crippen LogP contribution in [0.2, 0.25) is 5.02 Å². The fraction of sp³-hybridized carbons (Fsp3) is 0.350. The van der Waals surface area contributed by atoms with Crippen LogP contribution < -0.4 is 5.32 Å². The van der Waals surface area contributed by atoms with Crippen LogP contribution >= 0.6 is 11.6 Å². The van der Waals surface area contributed by atoms with Crippen LogP contribution in [0, 0.1) is 0 Å². The number of benzene rings is 2. The van der Waals surface area contributed by atoms with Crippen LogP contribution in [0.25, 0.3) is 0 Å². The molecular weight excluding hydrogens is 384 g/mol. The Hall–Kier alpha value is -1.89. The number of rotatable bonds is 5. The minimum Gasteiger partial charge on any atom is -0.322 e. The average molecular weight is 407 g/mol. The number of hydrogen-bond donors (Lipinski definition) is 1. The van der Waals surface area contributed by atoms with Gasteiger partial charge < -0.3 is 5.32 Å². The van der Waals surface area contributed by atoms with Crippen LogP contribution in [-0.4, -0.2) is 31.7 Å².